The van der Waals surface area contributed by atoms with E-state index in [1.54, 1.807) is 31.2 Å². The van der Waals surface area contributed by atoms with Crippen LogP contribution in [-0.2, 0) is 11.3 Å². The predicted molar refractivity (Wildman–Crippen MR) is 82.4 cm³/mol. The van der Waals surface area contributed by atoms with E-state index >= 15 is 0 Å². The molecule has 0 bridgehead atoms. The predicted octanol–water partition coefficient (Wildman–Crippen LogP) is 1.14. The highest BCUT2D eigenvalue weighted by Crippen LogP contribution is 2.22. The molecule has 0 radical (unpaired) electrons. The molecule has 0 N–H and O–H groups in total. The summed E-state index contributed by atoms with van der Waals surface area (Å²) >= 11 is 0. The summed E-state index contributed by atoms with van der Waals surface area (Å²) in [5.41, 5.74) is 1.01. The van der Waals surface area contributed by atoms with E-state index in [-0.39, 0.29) is 30.7 Å². The van der Waals surface area contributed by atoms with Crippen molar-refractivity contribution < 1.29 is 19.1 Å². The second-order valence-corrected chi connectivity index (χ2v) is 5.25. The zero-order chi connectivity index (χ0) is 17.1. The van der Waals surface area contributed by atoms with Gasteiger partial charge >= 0.3 is 5.97 Å². The molecule has 0 saturated heterocycles. The van der Waals surface area contributed by atoms with Crippen LogP contribution in [0.15, 0.2) is 30.5 Å². The number of imide groups is 1. The summed E-state index contributed by atoms with van der Waals surface area (Å²) in [6.45, 7) is 2.69. The lowest BCUT2D eigenvalue weighted by Gasteiger charge is -2.13. The van der Waals surface area contributed by atoms with Gasteiger partial charge in [0.25, 0.3) is 11.8 Å². The monoisotopic (exact) mass is 328 g/mol. The number of rotatable bonds is 6. The van der Waals surface area contributed by atoms with Gasteiger partial charge in [0.2, 0.25) is 0 Å². The summed E-state index contributed by atoms with van der Waals surface area (Å²) in [5, 5.41) is 7.58. The van der Waals surface area contributed by atoms with Gasteiger partial charge in [0, 0.05) is 13.1 Å². The number of aromatic nitrogens is 3. The second-order valence-electron chi connectivity index (χ2n) is 5.25. The lowest BCUT2D eigenvalue weighted by Crippen LogP contribution is -2.31. The molecule has 0 aliphatic carbocycles. The van der Waals surface area contributed by atoms with E-state index in [0.29, 0.717) is 24.1 Å². The fraction of sp³-hybridized carbons (Fsp3) is 0.312. The number of hydrogen-bond acceptors (Lipinski definition) is 6. The van der Waals surface area contributed by atoms with Gasteiger partial charge in [0.05, 0.1) is 23.9 Å². The molecule has 0 unspecified atom stereocenters. The first-order valence-corrected chi connectivity index (χ1v) is 7.64. The normalized spacial score (nSPS) is 13.3. The maximum Gasteiger partial charge on any atom is 0.360 e. The highest BCUT2D eigenvalue weighted by atomic mass is 16.5. The highest BCUT2D eigenvalue weighted by molar-refractivity contribution is 6.21. The summed E-state index contributed by atoms with van der Waals surface area (Å²) in [5.74, 6) is -1.08. The Balaban J connectivity index is 1.57. The Labute approximate surface area is 138 Å². The third-order valence-electron chi connectivity index (χ3n) is 3.67. The number of fused-ring (bicyclic) bond motifs is 1. The van der Waals surface area contributed by atoms with Crippen molar-refractivity contribution in [1.29, 1.82) is 0 Å². The summed E-state index contributed by atoms with van der Waals surface area (Å²) in [7, 11) is 0. The number of amides is 2. The fourth-order valence-electron chi connectivity index (χ4n) is 2.54. The quantitative estimate of drug-likeness (QED) is 0.583. The standard InChI is InChI=1S/C16H16N4O4/c1-2-24-16(23)13-10-19(18-17-13)8-5-9-20-14(21)11-6-3-4-7-12(11)15(20)22/h3-4,6-7,10H,2,5,8-9H2,1H3. The van der Waals surface area contributed by atoms with Crippen molar-refractivity contribution >= 4 is 17.8 Å². The first-order chi connectivity index (χ1) is 11.6. The third-order valence-corrected chi connectivity index (χ3v) is 3.67. The van der Waals surface area contributed by atoms with Crippen LogP contribution in [0.1, 0.15) is 44.5 Å². The van der Waals surface area contributed by atoms with Crippen LogP contribution >= 0.6 is 0 Å². The Morgan fingerprint density at radius 3 is 2.42 bits per heavy atom. The molecule has 1 aromatic heterocycles. The molecule has 124 valence electrons. The van der Waals surface area contributed by atoms with E-state index in [9.17, 15) is 14.4 Å². The molecule has 0 atom stereocenters. The van der Waals surface area contributed by atoms with Gasteiger partial charge in [0.1, 0.15) is 0 Å². The number of carbonyl (C=O) groups excluding carboxylic acids is 3. The number of nitrogens with zero attached hydrogens (tertiary/aromatic N) is 4. The van der Waals surface area contributed by atoms with Crippen molar-refractivity contribution in [3.63, 3.8) is 0 Å². The summed E-state index contributed by atoms with van der Waals surface area (Å²) in [6.07, 6.45) is 2.00. The van der Waals surface area contributed by atoms with Crippen molar-refractivity contribution in [2.75, 3.05) is 13.2 Å². The lowest BCUT2D eigenvalue weighted by molar-refractivity contribution is 0.0518. The average molecular weight is 328 g/mol. The minimum absolute atomic E-state index is 0.137. The van der Waals surface area contributed by atoms with Crippen molar-refractivity contribution in [2.24, 2.45) is 0 Å². The molecule has 8 nitrogen and oxygen atoms in total. The molecule has 0 fully saturated rings. The lowest BCUT2D eigenvalue weighted by atomic mass is 10.1. The van der Waals surface area contributed by atoms with Gasteiger partial charge in [-0.15, -0.1) is 5.10 Å². The first-order valence-electron chi connectivity index (χ1n) is 7.64. The number of esters is 1. The van der Waals surface area contributed by atoms with Gasteiger partial charge in [0.15, 0.2) is 5.69 Å². The Morgan fingerprint density at radius 2 is 1.79 bits per heavy atom. The van der Waals surface area contributed by atoms with Gasteiger partial charge in [-0.25, -0.2) is 4.79 Å². The molecule has 2 amide bonds. The Hall–Kier alpha value is -3.03. The summed E-state index contributed by atoms with van der Waals surface area (Å²) < 4.78 is 6.33. The molecule has 1 aliphatic rings. The zero-order valence-electron chi connectivity index (χ0n) is 13.1. The molecule has 0 spiro atoms. The van der Waals surface area contributed by atoms with Crippen LogP contribution in [0.2, 0.25) is 0 Å². The van der Waals surface area contributed by atoms with Gasteiger partial charge in [-0.3, -0.25) is 19.2 Å². The molecule has 2 aromatic rings. The second kappa shape index (κ2) is 6.61. The number of carbonyl (C=O) groups is 3. The third kappa shape index (κ3) is 2.90. The van der Waals surface area contributed by atoms with Crippen LogP contribution in [-0.4, -0.2) is 50.8 Å². The Morgan fingerprint density at radius 1 is 1.12 bits per heavy atom. The molecule has 2 heterocycles. The number of benzene rings is 1. The maximum atomic E-state index is 12.2. The molecule has 3 rings (SSSR count). The van der Waals surface area contributed by atoms with E-state index in [4.69, 9.17) is 4.74 Å². The summed E-state index contributed by atoms with van der Waals surface area (Å²) in [4.78, 5) is 37.2. The average Bonchev–Trinajstić information content (AvgIpc) is 3.15. The molecular weight excluding hydrogens is 312 g/mol. The van der Waals surface area contributed by atoms with Crippen LogP contribution in [0.3, 0.4) is 0 Å². The van der Waals surface area contributed by atoms with E-state index < -0.39 is 5.97 Å². The van der Waals surface area contributed by atoms with E-state index in [1.807, 2.05) is 0 Å². The molecular formula is C16H16N4O4. The Kier molecular flexibility index (Phi) is 4.37. The molecule has 1 aliphatic heterocycles. The van der Waals surface area contributed by atoms with Crippen LogP contribution in [0.25, 0.3) is 0 Å². The molecule has 0 saturated carbocycles. The van der Waals surface area contributed by atoms with E-state index in [1.165, 1.54) is 15.8 Å². The van der Waals surface area contributed by atoms with Gasteiger partial charge in [-0.1, -0.05) is 17.3 Å². The minimum Gasteiger partial charge on any atom is -0.461 e. The van der Waals surface area contributed by atoms with Gasteiger partial charge in [-0.05, 0) is 25.5 Å². The van der Waals surface area contributed by atoms with E-state index in [0.717, 1.165) is 0 Å². The van der Waals surface area contributed by atoms with Crippen molar-refractivity contribution in [3.05, 3.63) is 47.3 Å². The first kappa shape index (κ1) is 15.9. The minimum atomic E-state index is -0.524. The maximum absolute atomic E-state index is 12.2. The number of aryl methyl sites for hydroxylation is 1. The SMILES string of the molecule is CCOC(=O)c1cn(CCCN2C(=O)c3ccccc3C2=O)nn1. The smallest absolute Gasteiger partial charge is 0.360 e. The summed E-state index contributed by atoms with van der Waals surface area (Å²) in [6, 6.07) is 6.77. The Bertz CT molecular complexity index is 764. The van der Waals surface area contributed by atoms with Crippen molar-refractivity contribution in [3.8, 4) is 0 Å². The van der Waals surface area contributed by atoms with Crippen LogP contribution in [0.5, 0.6) is 0 Å². The molecule has 8 heteroatoms. The molecule has 1 aromatic carbocycles. The largest absolute Gasteiger partial charge is 0.461 e. The van der Waals surface area contributed by atoms with Gasteiger partial charge in [-0.2, -0.15) is 0 Å². The van der Waals surface area contributed by atoms with Crippen LogP contribution < -0.4 is 0 Å². The van der Waals surface area contributed by atoms with Crippen molar-refractivity contribution in [1.82, 2.24) is 19.9 Å². The van der Waals surface area contributed by atoms with Crippen molar-refractivity contribution in [2.45, 2.75) is 19.9 Å². The number of ether oxygens (including phenoxy) is 1. The van der Waals surface area contributed by atoms with Gasteiger partial charge < -0.3 is 4.74 Å². The highest BCUT2D eigenvalue weighted by Gasteiger charge is 2.34. The van der Waals surface area contributed by atoms with Crippen LogP contribution in [0.4, 0.5) is 0 Å². The number of hydrogen-bond donors (Lipinski definition) is 0. The topological polar surface area (TPSA) is 94.4 Å². The van der Waals surface area contributed by atoms with E-state index in [2.05, 4.69) is 10.3 Å². The fourth-order valence-corrected chi connectivity index (χ4v) is 2.54. The van der Waals surface area contributed by atoms with Crippen LogP contribution in [0, 0.1) is 0 Å². The molecule has 24 heavy (non-hydrogen) atoms. The zero-order valence-corrected chi connectivity index (χ0v) is 13.1.